The number of aryl methyl sites for hydroxylation is 3. The number of nitrogens with zero attached hydrogens (tertiary/aromatic N) is 6. The lowest BCUT2D eigenvalue weighted by molar-refractivity contribution is -0.137. The standard InChI is InChI=1S/C29H30N8O3/c1-16-9-22-21(7-8-31-28(22)30)17(2)23(16)12-32-25-10-26(36-24(35-25)5-6-27(38)39)40-15-20-14-37-13-19(18-3-4-18)11-33-29(37)34-20/h7-11,13-14,18H,3-6,12,15H2,1-2H3,(H2,30,31)(H,38,39)(H,32,35,36). The van der Waals surface area contributed by atoms with Crippen LogP contribution in [0, 0.1) is 13.8 Å². The third kappa shape index (κ3) is 5.35. The van der Waals surface area contributed by atoms with Crippen molar-refractivity contribution >= 4 is 34.2 Å². The number of nitrogen functional groups attached to an aromatic ring is 1. The number of fused-ring (bicyclic) bond motifs is 2. The van der Waals surface area contributed by atoms with Gasteiger partial charge in [0.25, 0.3) is 0 Å². The number of pyridine rings is 1. The maximum atomic E-state index is 11.2. The summed E-state index contributed by atoms with van der Waals surface area (Å²) in [6.07, 6.45) is 10.1. The van der Waals surface area contributed by atoms with Crippen molar-refractivity contribution in [2.75, 3.05) is 11.1 Å². The number of benzene rings is 1. The fraction of sp³-hybridized carbons (Fsp3) is 0.310. The number of carbonyl (C=O) groups is 1. The van der Waals surface area contributed by atoms with Crippen LogP contribution in [0.15, 0.2) is 43.0 Å². The number of aromatic nitrogens is 6. The third-order valence-corrected chi connectivity index (χ3v) is 7.27. The van der Waals surface area contributed by atoms with Crippen LogP contribution in [-0.4, -0.2) is 40.4 Å². The number of hydrogen-bond donors (Lipinski definition) is 3. The van der Waals surface area contributed by atoms with E-state index in [1.54, 1.807) is 12.3 Å². The summed E-state index contributed by atoms with van der Waals surface area (Å²) >= 11 is 0. The van der Waals surface area contributed by atoms with E-state index in [-0.39, 0.29) is 19.4 Å². The average molecular weight is 539 g/mol. The predicted octanol–water partition coefficient (Wildman–Crippen LogP) is 4.35. The summed E-state index contributed by atoms with van der Waals surface area (Å²) in [7, 11) is 0. The lowest BCUT2D eigenvalue weighted by Crippen LogP contribution is -2.10. The monoisotopic (exact) mass is 538 g/mol. The molecule has 204 valence electrons. The van der Waals surface area contributed by atoms with Crippen LogP contribution in [0.2, 0.25) is 0 Å². The lowest BCUT2D eigenvalue weighted by atomic mass is 9.96. The number of aliphatic carboxylic acids is 1. The number of hydrogen-bond acceptors (Lipinski definition) is 9. The molecule has 11 heteroatoms. The van der Waals surface area contributed by atoms with Crippen molar-refractivity contribution in [2.24, 2.45) is 0 Å². The van der Waals surface area contributed by atoms with Crippen molar-refractivity contribution in [3.63, 3.8) is 0 Å². The Morgan fingerprint density at radius 2 is 2.00 bits per heavy atom. The SMILES string of the molecule is Cc1cc2c(N)nccc2c(C)c1CNc1cc(OCc2cn3cc(C4CC4)cnc3n2)nc(CCC(=O)O)n1. The van der Waals surface area contributed by atoms with Crippen molar-refractivity contribution in [3.05, 3.63) is 76.8 Å². The Bertz CT molecular complexity index is 1750. The summed E-state index contributed by atoms with van der Waals surface area (Å²) in [6, 6.07) is 5.73. The fourth-order valence-corrected chi connectivity index (χ4v) is 4.94. The molecule has 0 aliphatic heterocycles. The first-order valence-corrected chi connectivity index (χ1v) is 13.3. The largest absolute Gasteiger partial charge is 0.481 e. The quantitative estimate of drug-likeness (QED) is 0.234. The first-order chi connectivity index (χ1) is 19.3. The van der Waals surface area contributed by atoms with Gasteiger partial charge in [-0.1, -0.05) is 0 Å². The molecule has 0 amide bonds. The second kappa shape index (κ2) is 10.4. The number of nitrogens with one attached hydrogen (secondary N) is 1. The van der Waals surface area contributed by atoms with Crippen LogP contribution in [0.5, 0.6) is 5.88 Å². The minimum absolute atomic E-state index is 0.0807. The zero-order valence-electron chi connectivity index (χ0n) is 22.4. The minimum Gasteiger partial charge on any atom is -0.481 e. The van der Waals surface area contributed by atoms with E-state index >= 15 is 0 Å². The van der Waals surface area contributed by atoms with Gasteiger partial charge in [-0.05, 0) is 72.4 Å². The summed E-state index contributed by atoms with van der Waals surface area (Å²) < 4.78 is 7.93. The highest BCUT2D eigenvalue weighted by Crippen LogP contribution is 2.39. The lowest BCUT2D eigenvalue weighted by Gasteiger charge is -2.16. The maximum Gasteiger partial charge on any atom is 0.303 e. The van der Waals surface area contributed by atoms with Crippen LogP contribution >= 0.6 is 0 Å². The van der Waals surface area contributed by atoms with Crippen LogP contribution in [0.3, 0.4) is 0 Å². The number of nitrogens with two attached hydrogens (primary N) is 1. The zero-order chi connectivity index (χ0) is 27.8. The molecule has 0 radical (unpaired) electrons. The number of carboxylic acid groups (broad SMARTS) is 1. The summed E-state index contributed by atoms with van der Waals surface area (Å²) in [5.74, 6) is 2.09. The van der Waals surface area contributed by atoms with Gasteiger partial charge in [-0.3, -0.25) is 9.20 Å². The van der Waals surface area contributed by atoms with E-state index in [0.29, 0.717) is 41.6 Å². The number of anilines is 2. The van der Waals surface area contributed by atoms with Gasteiger partial charge in [0, 0.05) is 49.2 Å². The molecule has 4 N–H and O–H groups in total. The van der Waals surface area contributed by atoms with E-state index in [0.717, 1.165) is 33.2 Å². The number of carboxylic acids is 1. The molecule has 5 aromatic rings. The van der Waals surface area contributed by atoms with E-state index in [1.807, 2.05) is 35.9 Å². The van der Waals surface area contributed by atoms with Gasteiger partial charge < -0.3 is 20.9 Å². The van der Waals surface area contributed by atoms with Crippen molar-refractivity contribution in [3.8, 4) is 5.88 Å². The van der Waals surface area contributed by atoms with E-state index in [4.69, 9.17) is 10.5 Å². The Kier molecular flexibility index (Phi) is 6.63. The molecule has 0 spiro atoms. The molecular formula is C29H30N8O3. The summed E-state index contributed by atoms with van der Waals surface area (Å²) in [4.78, 5) is 33.4. The molecule has 0 atom stereocenters. The van der Waals surface area contributed by atoms with Gasteiger partial charge in [0.15, 0.2) is 0 Å². The second-order valence-corrected chi connectivity index (χ2v) is 10.2. The maximum absolute atomic E-state index is 11.2. The Morgan fingerprint density at radius 1 is 1.15 bits per heavy atom. The van der Waals surface area contributed by atoms with E-state index in [9.17, 15) is 9.90 Å². The van der Waals surface area contributed by atoms with Gasteiger partial charge >= 0.3 is 5.97 Å². The Balaban J connectivity index is 1.22. The number of rotatable bonds is 10. The Labute approximate surface area is 230 Å². The van der Waals surface area contributed by atoms with Crippen LogP contribution in [-0.2, 0) is 24.4 Å². The molecule has 4 aromatic heterocycles. The van der Waals surface area contributed by atoms with Gasteiger partial charge in [0.2, 0.25) is 11.7 Å². The molecule has 40 heavy (non-hydrogen) atoms. The van der Waals surface area contributed by atoms with Gasteiger partial charge in [-0.2, -0.15) is 4.98 Å². The zero-order valence-corrected chi connectivity index (χ0v) is 22.4. The summed E-state index contributed by atoms with van der Waals surface area (Å²) in [6.45, 7) is 4.80. The normalized spacial score (nSPS) is 13.2. The predicted molar refractivity (Wildman–Crippen MR) is 150 cm³/mol. The number of imidazole rings is 1. The molecule has 0 saturated heterocycles. The topological polar surface area (TPSA) is 153 Å². The molecule has 1 aromatic carbocycles. The minimum atomic E-state index is -0.914. The molecule has 6 rings (SSSR count). The van der Waals surface area contributed by atoms with Crippen LogP contribution in [0.4, 0.5) is 11.6 Å². The highest BCUT2D eigenvalue weighted by atomic mass is 16.5. The molecule has 0 bridgehead atoms. The van der Waals surface area contributed by atoms with Gasteiger partial charge in [0.05, 0.1) is 12.1 Å². The first-order valence-electron chi connectivity index (χ1n) is 13.3. The summed E-state index contributed by atoms with van der Waals surface area (Å²) in [5, 5.41) is 14.5. The third-order valence-electron chi connectivity index (χ3n) is 7.27. The highest BCUT2D eigenvalue weighted by molar-refractivity contribution is 5.94. The first kappa shape index (κ1) is 25.5. The van der Waals surface area contributed by atoms with Crippen molar-refractivity contribution in [2.45, 2.75) is 58.6 Å². The molecule has 1 aliphatic rings. The smallest absolute Gasteiger partial charge is 0.303 e. The van der Waals surface area contributed by atoms with Gasteiger partial charge in [0.1, 0.15) is 24.1 Å². The Morgan fingerprint density at radius 3 is 2.80 bits per heavy atom. The van der Waals surface area contributed by atoms with E-state index in [1.165, 1.54) is 18.4 Å². The molecular weight excluding hydrogens is 508 g/mol. The van der Waals surface area contributed by atoms with Crippen molar-refractivity contribution < 1.29 is 14.6 Å². The summed E-state index contributed by atoms with van der Waals surface area (Å²) in [5.41, 5.74) is 11.4. The highest BCUT2D eigenvalue weighted by Gasteiger charge is 2.24. The molecule has 0 unspecified atom stereocenters. The van der Waals surface area contributed by atoms with Gasteiger partial charge in [-0.25, -0.2) is 19.9 Å². The molecule has 4 heterocycles. The molecule has 1 saturated carbocycles. The molecule has 11 nitrogen and oxygen atoms in total. The van der Waals surface area contributed by atoms with Crippen LogP contribution in [0.25, 0.3) is 16.6 Å². The second-order valence-electron chi connectivity index (χ2n) is 10.2. The number of ether oxygens (including phenoxy) is 1. The van der Waals surface area contributed by atoms with Crippen molar-refractivity contribution in [1.29, 1.82) is 0 Å². The fourth-order valence-electron chi connectivity index (χ4n) is 4.94. The van der Waals surface area contributed by atoms with Gasteiger partial charge in [-0.15, -0.1) is 0 Å². The molecule has 1 fully saturated rings. The van der Waals surface area contributed by atoms with Crippen LogP contribution in [0.1, 0.15) is 59.0 Å². The average Bonchev–Trinajstić information content (AvgIpc) is 3.70. The van der Waals surface area contributed by atoms with E-state index in [2.05, 4.69) is 43.4 Å². The molecule has 1 aliphatic carbocycles. The van der Waals surface area contributed by atoms with E-state index < -0.39 is 5.97 Å². The Hall–Kier alpha value is -4.80. The van der Waals surface area contributed by atoms with Crippen molar-refractivity contribution in [1.82, 2.24) is 29.3 Å². The van der Waals surface area contributed by atoms with Crippen LogP contribution < -0.4 is 15.8 Å².